The molecule has 1 atom stereocenters. The van der Waals surface area contributed by atoms with E-state index in [4.69, 9.17) is 0 Å². The lowest BCUT2D eigenvalue weighted by Crippen LogP contribution is -2.21. The SMILES string of the molecule is CCc1cnc(C(C)NCCc2ccccc2)s1. The van der Waals surface area contributed by atoms with E-state index in [0.29, 0.717) is 6.04 Å². The largest absolute Gasteiger partial charge is 0.308 e. The van der Waals surface area contributed by atoms with Crippen LogP contribution in [0.25, 0.3) is 0 Å². The van der Waals surface area contributed by atoms with Crippen molar-refractivity contribution in [3.8, 4) is 0 Å². The maximum Gasteiger partial charge on any atom is 0.109 e. The molecule has 0 bridgehead atoms. The lowest BCUT2D eigenvalue weighted by Gasteiger charge is -2.10. The van der Waals surface area contributed by atoms with E-state index in [1.54, 1.807) is 0 Å². The molecule has 2 rings (SSSR count). The Labute approximate surface area is 113 Å². The van der Waals surface area contributed by atoms with Gasteiger partial charge < -0.3 is 5.32 Å². The predicted molar refractivity (Wildman–Crippen MR) is 78.1 cm³/mol. The molecule has 0 aliphatic rings. The Morgan fingerprint density at radius 2 is 2.06 bits per heavy atom. The van der Waals surface area contributed by atoms with Gasteiger partial charge >= 0.3 is 0 Å². The molecule has 0 amide bonds. The maximum absolute atomic E-state index is 4.47. The minimum atomic E-state index is 0.346. The summed E-state index contributed by atoms with van der Waals surface area (Å²) in [4.78, 5) is 5.83. The average molecular weight is 260 g/mol. The highest BCUT2D eigenvalue weighted by Crippen LogP contribution is 2.20. The molecule has 0 aliphatic carbocycles. The quantitative estimate of drug-likeness (QED) is 0.858. The monoisotopic (exact) mass is 260 g/mol. The molecular formula is C15H20N2S. The van der Waals surface area contributed by atoms with Crippen LogP contribution in [-0.2, 0) is 12.8 Å². The number of aromatic nitrogens is 1. The van der Waals surface area contributed by atoms with E-state index < -0.39 is 0 Å². The van der Waals surface area contributed by atoms with Crippen LogP contribution < -0.4 is 5.32 Å². The van der Waals surface area contributed by atoms with Crippen molar-refractivity contribution >= 4 is 11.3 Å². The highest BCUT2D eigenvalue weighted by atomic mass is 32.1. The molecule has 18 heavy (non-hydrogen) atoms. The number of thiazole rings is 1. The third-order valence-electron chi connectivity index (χ3n) is 3.00. The Kier molecular flexibility index (Phi) is 4.90. The molecule has 0 aliphatic heterocycles. The molecule has 96 valence electrons. The van der Waals surface area contributed by atoms with E-state index >= 15 is 0 Å². The van der Waals surface area contributed by atoms with Crippen LogP contribution in [-0.4, -0.2) is 11.5 Å². The third kappa shape index (κ3) is 3.65. The van der Waals surface area contributed by atoms with Crippen LogP contribution in [0.5, 0.6) is 0 Å². The number of nitrogens with one attached hydrogen (secondary N) is 1. The van der Waals surface area contributed by atoms with Crippen molar-refractivity contribution in [2.24, 2.45) is 0 Å². The molecule has 2 nitrogen and oxygen atoms in total. The zero-order valence-electron chi connectivity index (χ0n) is 11.0. The van der Waals surface area contributed by atoms with E-state index in [1.807, 2.05) is 17.5 Å². The molecule has 1 N–H and O–H groups in total. The van der Waals surface area contributed by atoms with Crippen molar-refractivity contribution in [3.63, 3.8) is 0 Å². The van der Waals surface area contributed by atoms with Gasteiger partial charge in [-0.3, -0.25) is 0 Å². The predicted octanol–water partition coefficient (Wildman–Crippen LogP) is 3.60. The first-order valence-corrected chi connectivity index (χ1v) is 7.33. The van der Waals surface area contributed by atoms with Crippen molar-refractivity contribution in [1.82, 2.24) is 10.3 Å². The highest BCUT2D eigenvalue weighted by Gasteiger charge is 2.08. The van der Waals surface area contributed by atoms with Gasteiger partial charge in [-0.1, -0.05) is 37.3 Å². The first-order chi connectivity index (χ1) is 8.79. The Balaban J connectivity index is 1.79. The van der Waals surface area contributed by atoms with Crippen LogP contribution in [0.3, 0.4) is 0 Å². The van der Waals surface area contributed by atoms with E-state index in [-0.39, 0.29) is 0 Å². The van der Waals surface area contributed by atoms with Crippen molar-refractivity contribution in [2.75, 3.05) is 6.54 Å². The van der Waals surface area contributed by atoms with Crippen molar-refractivity contribution in [3.05, 3.63) is 52.0 Å². The van der Waals surface area contributed by atoms with E-state index in [0.717, 1.165) is 19.4 Å². The van der Waals surface area contributed by atoms with Crippen LogP contribution in [0.1, 0.15) is 35.3 Å². The van der Waals surface area contributed by atoms with Crippen LogP contribution >= 0.6 is 11.3 Å². The zero-order valence-corrected chi connectivity index (χ0v) is 11.8. The number of rotatable bonds is 6. The van der Waals surface area contributed by atoms with Crippen molar-refractivity contribution < 1.29 is 0 Å². The molecule has 2 aromatic rings. The molecule has 1 aromatic carbocycles. The molecule has 0 saturated heterocycles. The molecule has 0 saturated carbocycles. The summed E-state index contributed by atoms with van der Waals surface area (Å²) in [6.45, 7) is 5.35. The molecule has 0 fully saturated rings. The first-order valence-electron chi connectivity index (χ1n) is 6.51. The van der Waals surface area contributed by atoms with Gasteiger partial charge in [-0.15, -0.1) is 11.3 Å². The average Bonchev–Trinajstić information content (AvgIpc) is 2.89. The third-order valence-corrected chi connectivity index (χ3v) is 4.32. The van der Waals surface area contributed by atoms with Gasteiger partial charge in [-0.2, -0.15) is 0 Å². The summed E-state index contributed by atoms with van der Waals surface area (Å²) in [6, 6.07) is 10.9. The zero-order chi connectivity index (χ0) is 12.8. The maximum atomic E-state index is 4.47. The summed E-state index contributed by atoms with van der Waals surface area (Å²) in [5.41, 5.74) is 1.38. The number of aryl methyl sites for hydroxylation is 1. The normalized spacial score (nSPS) is 12.6. The molecule has 1 heterocycles. The summed E-state index contributed by atoms with van der Waals surface area (Å²) in [6.07, 6.45) is 4.14. The van der Waals surface area contributed by atoms with E-state index in [9.17, 15) is 0 Å². The number of hydrogen-bond acceptors (Lipinski definition) is 3. The summed E-state index contributed by atoms with van der Waals surface area (Å²) < 4.78 is 0. The highest BCUT2D eigenvalue weighted by molar-refractivity contribution is 7.11. The molecule has 3 heteroatoms. The fraction of sp³-hybridized carbons (Fsp3) is 0.400. The van der Waals surface area contributed by atoms with Crippen LogP contribution in [0, 0.1) is 0 Å². The molecule has 1 aromatic heterocycles. The number of nitrogens with zero attached hydrogens (tertiary/aromatic N) is 1. The summed E-state index contributed by atoms with van der Waals surface area (Å²) in [5, 5.41) is 4.73. The van der Waals surface area contributed by atoms with Gasteiger partial charge in [0.05, 0.1) is 6.04 Å². The summed E-state index contributed by atoms with van der Waals surface area (Å²) in [5.74, 6) is 0. The Bertz CT molecular complexity index is 464. The van der Waals surface area contributed by atoms with Crippen LogP contribution in [0.2, 0.25) is 0 Å². The minimum Gasteiger partial charge on any atom is -0.308 e. The number of hydrogen-bond donors (Lipinski definition) is 1. The second-order valence-corrected chi connectivity index (χ2v) is 5.58. The second-order valence-electron chi connectivity index (χ2n) is 4.43. The van der Waals surface area contributed by atoms with Crippen LogP contribution in [0.4, 0.5) is 0 Å². The first kappa shape index (κ1) is 13.2. The molecular weight excluding hydrogens is 240 g/mol. The van der Waals surface area contributed by atoms with Gasteiger partial charge in [-0.25, -0.2) is 4.98 Å². The Morgan fingerprint density at radius 1 is 1.28 bits per heavy atom. The minimum absolute atomic E-state index is 0.346. The fourth-order valence-corrected chi connectivity index (χ4v) is 2.74. The summed E-state index contributed by atoms with van der Waals surface area (Å²) in [7, 11) is 0. The summed E-state index contributed by atoms with van der Waals surface area (Å²) >= 11 is 1.81. The Hall–Kier alpha value is -1.19. The topological polar surface area (TPSA) is 24.9 Å². The smallest absolute Gasteiger partial charge is 0.109 e. The molecule has 0 spiro atoms. The fourth-order valence-electron chi connectivity index (χ4n) is 1.85. The second kappa shape index (κ2) is 6.66. The van der Waals surface area contributed by atoms with Gasteiger partial charge in [0.1, 0.15) is 5.01 Å². The van der Waals surface area contributed by atoms with Gasteiger partial charge in [0, 0.05) is 11.1 Å². The molecule has 1 unspecified atom stereocenters. The molecule has 0 radical (unpaired) electrons. The van der Waals surface area contributed by atoms with Crippen molar-refractivity contribution in [1.29, 1.82) is 0 Å². The lowest BCUT2D eigenvalue weighted by molar-refractivity contribution is 0.574. The van der Waals surface area contributed by atoms with Gasteiger partial charge in [-0.05, 0) is 31.9 Å². The van der Waals surface area contributed by atoms with Gasteiger partial charge in [0.15, 0.2) is 0 Å². The number of benzene rings is 1. The van der Waals surface area contributed by atoms with Gasteiger partial charge in [0.25, 0.3) is 0 Å². The van der Waals surface area contributed by atoms with E-state index in [2.05, 4.69) is 54.5 Å². The van der Waals surface area contributed by atoms with Crippen LogP contribution in [0.15, 0.2) is 36.5 Å². The van der Waals surface area contributed by atoms with E-state index in [1.165, 1.54) is 15.4 Å². The lowest BCUT2D eigenvalue weighted by atomic mass is 10.1. The Morgan fingerprint density at radius 3 is 2.72 bits per heavy atom. The van der Waals surface area contributed by atoms with Gasteiger partial charge in [0.2, 0.25) is 0 Å². The standard InChI is InChI=1S/C15H20N2S/c1-3-14-11-17-15(18-14)12(2)16-10-9-13-7-5-4-6-8-13/h4-8,11-12,16H,3,9-10H2,1-2H3. The van der Waals surface area contributed by atoms with Crippen molar-refractivity contribution in [2.45, 2.75) is 32.7 Å².